The molecule has 0 spiro atoms. The number of aromatic nitrogens is 1. The van der Waals surface area contributed by atoms with Crippen LogP contribution in [0.5, 0.6) is 0 Å². The number of nitrogens with zero attached hydrogens (tertiary/aromatic N) is 3. The normalized spacial score (nSPS) is 11.9. The van der Waals surface area contributed by atoms with Gasteiger partial charge in [-0.05, 0) is 41.5 Å². The minimum Gasteiger partial charge on any atom is -0.340 e. The molecule has 31 heavy (non-hydrogen) atoms. The van der Waals surface area contributed by atoms with Gasteiger partial charge < -0.3 is 9.88 Å². The molecule has 156 valence electrons. The molecule has 4 rings (SSSR count). The second-order valence-electron chi connectivity index (χ2n) is 7.32. The zero-order valence-electron chi connectivity index (χ0n) is 17.3. The SMILES string of the molecule is CCN(C#N)C(=O)C(Cc1csc2ccccc12)NC(=O)c1cc2ccccc2n1C. The number of hydrogen-bond acceptors (Lipinski definition) is 4. The van der Waals surface area contributed by atoms with Crippen LogP contribution < -0.4 is 5.32 Å². The number of hydrogen-bond donors (Lipinski definition) is 1. The number of para-hydroxylation sites is 1. The number of nitriles is 1. The summed E-state index contributed by atoms with van der Waals surface area (Å²) in [5, 5.41) is 16.3. The molecule has 0 fully saturated rings. The van der Waals surface area contributed by atoms with Gasteiger partial charge in [-0.3, -0.25) is 9.59 Å². The Balaban J connectivity index is 1.66. The van der Waals surface area contributed by atoms with Crippen molar-refractivity contribution < 1.29 is 9.59 Å². The molecule has 1 N–H and O–H groups in total. The van der Waals surface area contributed by atoms with Gasteiger partial charge in [0.05, 0.1) is 0 Å². The third-order valence-electron chi connectivity index (χ3n) is 5.48. The lowest BCUT2D eigenvalue weighted by Crippen LogP contribution is -2.48. The molecule has 2 aromatic carbocycles. The Labute approximate surface area is 184 Å². The molecule has 0 aliphatic rings. The van der Waals surface area contributed by atoms with E-state index in [2.05, 4.69) is 5.32 Å². The van der Waals surface area contributed by atoms with E-state index in [0.29, 0.717) is 12.1 Å². The number of aryl methyl sites for hydroxylation is 1. The maximum absolute atomic E-state index is 13.2. The molecule has 0 aliphatic carbocycles. The van der Waals surface area contributed by atoms with Crippen LogP contribution in [0, 0.1) is 11.5 Å². The Hall–Kier alpha value is -3.63. The molecule has 0 bridgehead atoms. The Morgan fingerprint density at radius 3 is 2.68 bits per heavy atom. The predicted molar refractivity (Wildman–Crippen MR) is 123 cm³/mol. The van der Waals surface area contributed by atoms with Crippen LogP contribution in [0.1, 0.15) is 23.0 Å². The van der Waals surface area contributed by atoms with Gasteiger partial charge in [0.15, 0.2) is 6.19 Å². The van der Waals surface area contributed by atoms with E-state index in [0.717, 1.165) is 31.5 Å². The smallest absolute Gasteiger partial charge is 0.268 e. The van der Waals surface area contributed by atoms with E-state index in [1.807, 2.05) is 77.8 Å². The number of carbonyl (C=O) groups excluding carboxylic acids is 2. The third-order valence-corrected chi connectivity index (χ3v) is 6.49. The van der Waals surface area contributed by atoms with Crippen LogP contribution in [0.25, 0.3) is 21.0 Å². The van der Waals surface area contributed by atoms with Gasteiger partial charge in [-0.1, -0.05) is 36.4 Å². The molecule has 0 saturated heterocycles. The summed E-state index contributed by atoms with van der Waals surface area (Å²) in [7, 11) is 1.83. The first-order valence-corrected chi connectivity index (χ1v) is 10.9. The van der Waals surface area contributed by atoms with Gasteiger partial charge in [0, 0.05) is 35.6 Å². The van der Waals surface area contributed by atoms with Crippen LogP contribution in [0.3, 0.4) is 0 Å². The van der Waals surface area contributed by atoms with Crippen molar-refractivity contribution >= 4 is 44.1 Å². The van der Waals surface area contributed by atoms with Gasteiger partial charge in [0.1, 0.15) is 11.7 Å². The summed E-state index contributed by atoms with van der Waals surface area (Å²) < 4.78 is 2.94. The molecular weight excluding hydrogens is 408 g/mol. The van der Waals surface area contributed by atoms with Crippen LogP contribution in [0.15, 0.2) is 60.0 Å². The first-order chi connectivity index (χ1) is 15.0. The number of benzene rings is 2. The quantitative estimate of drug-likeness (QED) is 0.370. The van der Waals surface area contributed by atoms with Crippen molar-refractivity contribution in [2.75, 3.05) is 6.54 Å². The zero-order chi connectivity index (χ0) is 22.0. The number of carbonyl (C=O) groups is 2. The highest BCUT2D eigenvalue weighted by atomic mass is 32.1. The van der Waals surface area contributed by atoms with Gasteiger partial charge in [0.25, 0.3) is 11.8 Å². The average molecular weight is 431 g/mol. The largest absolute Gasteiger partial charge is 0.340 e. The molecule has 2 heterocycles. The van der Waals surface area contributed by atoms with Gasteiger partial charge >= 0.3 is 0 Å². The van der Waals surface area contributed by atoms with Crippen LogP contribution in [-0.4, -0.2) is 33.9 Å². The fourth-order valence-electron chi connectivity index (χ4n) is 3.81. The first-order valence-electron chi connectivity index (χ1n) is 10.0. The summed E-state index contributed by atoms with van der Waals surface area (Å²) in [5.74, 6) is -0.752. The molecule has 1 atom stereocenters. The zero-order valence-corrected chi connectivity index (χ0v) is 18.1. The molecule has 2 amide bonds. The highest BCUT2D eigenvalue weighted by molar-refractivity contribution is 7.17. The molecular formula is C24H22N4O2S. The van der Waals surface area contributed by atoms with Gasteiger partial charge in [-0.25, -0.2) is 4.90 Å². The van der Waals surface area contributed by atoms with Crippen molar-refractivity contribution in [3.8, 4) is 6.19 Å². The van der Waals surface area contributed by atoms with E-state index in [1.165, 1.54) is 0 Å². The summed E-state index contributed by atoms with van der Waals surface area (Å²) in [5.41, 5.74) is 2.38. The standard InChI is InChI=1S/C24H22N4O2S/c1-3-28(15-25)24(30)19(12-17-14-31-22-11-7-5-9-18(17)22)26-23(29)21-13-16-8-4-6-10-20(16)27(21)2/h4-11,13-14,19H,3,12H2,1-2H3,(H,26,29). The van der Waals surface area contributed by atoms with Crippen molar-refractivity contribution in [3.05, 3.63) is 71.2 Å². The molecule has 6 nitrogen and oxygen atoms in total. The van der Waals surface area contributed by atoms with E-state index in [1.54, 1.807) is 18.3 Å². The molecule has 0 saturated carbocycles. The fraction of sp³-hybridized carbons (Fsp3) is 0.208. The number of thiophene rings is 1. The number of rotatable bonds is 6. The molecule has 0 aliphatic heterocycles. The number of amides is 2. The maximum Gasteiger partial charge on any atom is 0.268 e. The fourth-order valence-corrected chi connectivity index (χ4v) is 4.79. The molecule has 4 aromatic rings. The van der Waals surface area contributed by atoms with Crippen molar-refractivity contribution in [1.29, 1.82) is 5.26 Å². The summed E-state index contributed by atoms with van der Waals surface area (Å²) in [6.07, 6.45) is 2.24. The maximum atomic E-state index is 13.2. The Bertz CT molecular complexity index is 1310. The average Bonchev–Trinajstić information content (AvgIpc) is 3.35. The third kappa shape index (κ3) is 3.90. The molecule has 7 heteroatoms. The Morgan fingerprint density at radius 1 is 1.19 bits per heavy atom. The van der Waals surface area contributed by atoms with Gasteiger partial charge in [-0.15, -0.1) is 11.3 Å². The van der Waals surface area contributed by atoms with Crippen molar-refractivity contribution in [1.82, 2.24) is 14.8 Å². The van der Waals surface area contributed by atoms with Gasteiger partial charge in [-0.2, -0.15) is 5.26 Å². The van der Waals surface area contributed by atoms with Crippen LogP contribution >= 0.6 is 11.3 Å². The monoisotopic (exact) mass is 430 g/mol. The summed E-state index contributed by atoms with van der Waals surface area (Å²) in [4.78, 5) is 27.3. The van der Waals surface area contributed by atoms with Crippen LogP contribution in [0.4, 0.5) is 0 Å². The first kappa shape index (κ1) is 20.6. The lowest BCUT2D eigenvalue weighted by molar-refractivity contribution is -0.130. The van der Waals surface area contributed by atoms with Crippen molar-refractivity contribution in [3.63, 3.8) is 0 Å². The van der Waals surface area contributed by atoms with E-state index < -0.39 is 11.9 Å². The molecule has 2 aromatic heterocycles. The lowest BCUT2D eigenvalue weighted by Gasteiger charge is -2.21. The highest BCUT2D eigenvalue weighted by Gasteiger charge is 2.28. The topological polar surface area (TPSA) is 78.1 Å². The van der Waals surface area contributed by atoms with E-state index in [9.17, 15) is 14.9 Å². The minimum absolute atomic E-state index is 0.250. The van der Waals surface area contributed by atoms with E-state index in [-0.39, 0.29) is 12.5 Å². The molecule has 0 radical (unpaired) electrons. The second kappa shape index (κ2) is 8.62. The molecule has 1 unspecified atom stereocenters. The van der Waals surface area contributed by atoms with Crippen molar-refractivity contribution in [2.45, 2.75) is 19.4 Å². The van der Waals surface area contributed by atoms with E-state index in [4.69, 9.17) is 0 Å². The van der Waals surface area contributed by atoms with Crippen LogP contribution in [-0.2, 0) is 18.3 Å². The lowest BCUT2D eigenvalue weighted by atomic mass is 10.0. The number of likely N-dealkylation sites (N-methyl/N-ethyl adjacent to an activating group) is 1. The predicted octanol–water partition coefficient (Wildman–Crippen LogP) is 4.06. The highest BCUT2D eigenvalue weighted by Crippen LogP contribution is 2.27. The number of fused-ring (bicyclic) bond motifs is 2. The number of nitrogens with one attached hydrogen (secondary N) is 1. The summed E-state index contributed by atoms with van der Waals surface area (Å²) >= 11 is 1.60. The summed E-state index contributed by atoms with van der Waals surface area (Å²) in [6, 6.07) is 16.7. The second-order valence-corrected chi connectivity index (χ2v) is 8.23. The van der Waals surface area contributed by atoms with E-state index >= 15 is 0 Å². The van der Waals surface area contributed by atoms with Gasteiger partial charge in [0.2, 0.25) is 0 Å². The van der Waals surface area contributed by atoms with Crippen LogP contribution in [0.2, 0.25) is 0 Å². The summed E-state index contributed by atoms with van der Waals surface area (Å²) in [6.45, 7) is 1.99. The Morgan fingerprint density at radius 2 is 1.94 bits per heavy atom. The Kier molecular flexibility index (Phi) is 5.74. The van der Waals surface area contributed by atoms with Crippen molar-refractivity contribution in [2.24, 2.45) is 7.05 Å². The minimum atomic E-state index is -0.844.